The van der Waals surface area contributed by atoms with E-state index in [4.69, 9.17) is 4.74 Å². The Balaban J connectivity index is 2.06. The third-order valence-corrected chi connectivity index (χ3v) is 5.16. The van der Waals surface area contributed by atoms with Gasteiger partial charge in [-0.2, -0.15) is 0 Å². The lowest BCUT2D eigenvalue weighted by molar-refractivity contribution is -0.150. The van der Waals surface area contributed by atoms with Crippen LogP contribution in [-0.2, 0) is 14.3 Å². The highest BCUT2D eigenvalue weighted by atomic mass is 16.5. The molecule has 0 N–H and O–H groups in total. The van der Waals surface area contributed by atoms with Crippen molar-refractivity contribution in [3.05, 3.63) is 34.9 Å². The Hall–Kier alpha value is -1.64. The molecule has 1 saturated carbocycles. The lowest BCUT2D eigenvalue weighted by atomic mass is 10.1. The van der Waals surface area contributed by atoms with Gasteiger partial charge in [-0.1, -0.05) is 37.6 Å². The van der Waals surface area contributed by atoms with E-state index in [0.717, 1.165) is 11.1 Å². The van der Waals surface area contributed by atoms with Crippen LogP contribution in [0.15, 0.2) is 34.9 Å². The molecule has 0 bridgehead atoms. The van der Waals surface area contributed by atoms with Crippen LogP contribution in [0.3, 0.4) is 0 Å². The van der Waals surface area contributed by atoms with Crippen LogP contribution in [-0.4, -0.2) is 17.9 Å². The molecule has 3 heteroatoms. The number of esters is 1. The number of allylic oxidation sites excluding steroid dienone is 5. The molecule has 0 amide bonds. The minimum atomic E-state index is -0.376. The van der Waals surface area contributed by atoms with E-state index in [-0.39, 0.29) is 35.1 Å². The Labute approximate surface area is 139 Å². The van der Waals surface area contributed by atoms with Gasteiger partial charge in [-0.05, 0) is 51.0 Å². The number of ether oxygens (including phenoxy) is 1. The van der Waals surface area contributed by atoms with E-state index in [1.165, 1.54) is 5.57 Å². The van der Waals surface area contributed by atoms with E-state index < -0.39 is 0 Å². The van der Waals surface area contributed by atoms with E-state index in [9.17, 15) is 9.59 Å². The first-order chi connectivity index (χ1) is 10.7. The number of hydrogen-bond acceptors (Lipinski definition) is 3. The van der Waals surface area contributed by atoms with Crippen LogP contribution in [0.2, 0.25) is 0 Å². The highest BCUT2D eigenvalue weighted by molar-refractivity contribution is 6.00. The van der Waals surface area contributed by atoms with Crippen LogP contribution < -0.4 is 0 Å². The number of Topliss-reactive ketones (excluding diaryl/α,β-unsaturated/α-hetero) is 1. The largest absolute Gasteiger partial charge is 0.457 e. The predicted molar refractivity (Wildman–Crippen MR) is 91.8 cm³/mol. The third kappa shape index (κ3) is 3.49. The van der Waals surface area contributed by atoms with Crippen molar-refractivity contribution in [2.75, 3.05) is 0 Å². The summed E-state index contributed by atoms with van der Waals surface area (Å²) in [5, 5.41) is 0. The summed E-state index contributed by atoms with van der Waals surface area (Å²) in [4.78, 5) is 24.7. The standard InChI is InChI=1S/C20H28O3/c1-7-8-9-14-13(4)17(11-16(14)21)23-19(22)18-15(10-12(2)3)20(18,5)6/h7-8,10,15,17-18H,9,11H2,1-6H3/b8-7-/t15-,17+,18+/m1/s1. The first-order valence-corrected chi connectivity index (χ1v) is 8.39. The lowest BCUT2D eigenvalue weighted by Gasteiger charge is -2.13. The van der Waals surface area contributed by atoms with Crippen molar-refractivity contribution in [3.8, 4) is 0 Å². The maximum atomic E-state index is 12.5. The van der Waals surface area contributed by atoms with Gasteiger partial charge in [0.05, 0.1) is 12.3 Å². The van der Waals surface area contributed by atoms with Crippen molar-refractivity contribution in [1.29, 1.82) is 0 Å². The van der Waals surface area contributed by atoms with Gasteiger partial charge in [0.15, 0.2) is 5.78 Å². The molecular formula is C20H28O3. The summed E-state index contributed by atoms with van der Waals surface area (Å²) in [5.74, 6) is 0.0833. The Kier molecular flexibility index (Phi) is 4.98. The van der Waals surface area contributed by atoms with Crippen molar-refractivity contribution >= 4 is 11.8 Å². The normalized spacial score (nSPS) is 29.1. The van der Waals surface area contributed by atoms with E-state index in [0.29, 0.717) is 12.8 Å². The minimum Gasteiger partial charge on any atom is -0.457 e. The molecule has 3 atom stereocenters. The van der Waals surface area contributed by atoms with Crippen LogP contribution in [0, 0.1) is 17.3 Å². The molecule has 1 fully saturated rings. The minimum absolute atomic E-state index is 0.0532. The molecule has 0 unspecified atom stereocenters. The lowest BCUT2D eigenvalue weighted by Crippen LogP contribution is -2.20. The molecule has 0 aromatic carbocycles. The van der Waals surface area contributed by atoms with Gasteiger partial charge < -0.3 is 4.74 Å². The zero-order valence-electron chi connectivity index (χ0n) is 15.1. The molecule has 2 aliphatic rings. The SMILES string of the molecule is C/C=C\CC1=C(C)[C@@H](OC(=O)[C@@H]2[C@@H](C=C(C)C)C2(C)C)CC1=O. The van der Waals surface area contributed by atoms with Gasteiger partial charge in [0.2, 0.25) is 0 Å². The second-order valence-electron chi connectivity index (χ2n) is 7.56. The average Bonchev–Trinajstić information content (AvgIpc) is 2.86. The first-order valence-electron chi connectivity index (χ1n) is 8.39. The Morgan fingerprint density at radius 2 is 2.00 bits per heavy atom. The zero-order chi connectivity index (χ0) is 17.4. The number of hydrogen-bond donors (Lipinski definition) is 0. The maximum absolute atomic E-state index is 12.5. The Morgan fingerprint density at radius 3 is 2.57 bits per heavy atom. The molecule has 126 valence electrons. The summed E-state index contributed by atoms with van der Waals surface area (Å²) >= 11 is 0. The Bertz CT molecular complexity index is 600. The van der Waals surface area contributed by atoms with E-state index >= 15 is 0 Å². The van der Waals surface area contributed by atoms with E-state index in [1.54, 1.807) is 0 Å². The zero-order valence-corrected chi connectivity index (χ0v) is 15.1. The fourth-order valence-electron chi connectivity index (χ4n) is 3.51. The molecule has 3 nitrogen and oxygen atoms in total. The average molecular weight is 316 g/mol. The fourth-order valence-corrected chi connectivity index (χ4v) is 3.51. The van der Waals surface area contributed by atoms with Gasteiger partial charge in [0.25, 0.3) is 0 Å². The van der Waals surface area contributed by atoms with Gasteiger partial charge in [0, 0.05) is 5.57 Å². The summed E-state index contributed by atoms with van der Waals surface area (Å²) in [6.07, 6.45) is 6.61. The molecule has 0 spiro atoms. The van der Waals surface area contributed by atoms with Crippen molar-refractivity contribution in [2.24, 2.45) is 17.3 Å². The molecule has 0 aliphatic heterocycles. The summed E-state index contributed by atoms with van der Waals surface area (Å²) in [5.41, 5.74) is 2.89. The second-order valence-corrected chi connectivity index (χ2v) is 7.56. The number of ketones is 1. The van der Waals surface area contributed by atoms with Gasteiger partial charge in [-0.25, -0.2) is 0 Å². The van der Waals surface area contributed by atoms with Crippen molar-refractivity contribution < 1.29 is 14.3 Å². The van der Waals surface area contributed by atoms with Crippen LogP contribution >= 0.6 is 0 Å². The molecule has 2 rings (SSSR count). The van der Waals surface area contributed by atoms with Crippen molar-refractivity contribution in [1.82, 2.24) is 0 Å². The third-order valence-electron chi connectivity index (χ3n) is 5.16. The molecule has 0 heterocycles. The fraction of sp³-hybridized carbons (Fsp3) is 0.600. The molecule has 0 radical (unpaired) electrons. The quantitative estimate of drug-likeness (QED) is 0.558. The summed E-state index contributed by atoms with van der Waals surface area (Å²) < 4.78 is 5.70. The summed E-state index contributed by atoms with van der Waals surface area (Å²) in [6, 6.07) is 0. The molecule has 0 aromatic heterocycles. The molecule has 23 heavy (non-hydrogen) atoms. The van der Waals surface area contributed by atoms with Gasteiger partial charge in [-0.3, -0.25) is 9.59 Å². The molecular weight excluding hydrogens is 288 g/mol. The molecule has 0 aromatic rings. The monoisotopic (exact) mass is 316 g/mol. The van der Waals surface area contributed by atoms with Crippen molar-refractivity contribution in [3.63, 3.8) is 0 Å². The smallest absolute Gasteiger partial charge is 0.310 e. The first kappa shape index (κ1) is 17.7. The highest BCUT2D eigenvalue weighted by Gasteiger charge is 2.61. The van der Waals surface area contributed by atoms with Crippen LogP contribution in [0.5, 0.6) is 0 Å². The number of rotatable bonds is 5. The van der Waals surface area contributed by atoms with Crippen LogP contribution in [0.4, 0.5) is 0 Å². The summed E-state index contributed by atoms with van der Waals surface area (Å²) in [6.45, 7) is 12.1. The summed E-state index contributed by atoms with van der Waals surface area (Å²) in [7, 11) is 0. The maximum Gasteiger partial charge on any atom is 0.310 e. The van der Waals surface area contributed by atoms with Gasteiger partial charge in [-0.15, -0.1) is 0 Å². The number of carbonyl (C=O) groups excluding carboxylic acids is 2. The highest BCUT2D eigenvalue weighted by Crippen LogP contribution is 2.60. The van der Waals surface area contributed by atoms with Crippen molar-refractivity contribution in [2.45, 2.75) is 60.5 Å². The van der Waals surface area contributed by atoms with Gasteiger partial charge in [0.1, 0.15) is 6.10 Å². The topological polar surface area (TPSA) is 43.4 Å². The van der Waals surface area contributed by atoms with Crippen LogP contribution in [0.1, 0.15) is 54.4 Å². The van der Waals surface area contributed by atoms with Crippen LogP contribution in [0.25, 0.3) is 0 Å². The van der Waals surface area contributed by atoms with E-state index in [2.05, 4.69) is 19.9 Å². The van der Waals surface area contributed by atoms with E-state index in [1.807, 2.05) is 39.8 Å². The van der Waals surface area contributed by atoms with Gasteiger partial charge >= 0.3 is 5.97 Å². The second kappa shape index (κ2) is 6.46. The predicted octanol–water partition coefficient (Wildman–Crippen LogP) is 4.39. The Morgan fingerprint density at radius 1 is 1.35 bits per heavy atom. The molecule has 0 saturated heterocycles. The number of carbonyl (C=O) groups is 2. The molecule has 2 aliphatic carbocycles.